The van der Waals surface area contributed by atoms with Gasteiger partial charge in [0.15, 0.2) is 0 Å². The monoisotopic (exact) mass is 260 g/mol. The highest BCUT2D eigenvalue weighted by atomic mass is 31.0. The molecule has 0 saturated heterocycles. The molecule has 0 amide bonds. The summed E-state index contributed by atoms with van der Waals surface area (Å²) < 4.78 is 5.79. The van der Waals surface area contributed by atoms with Crippen molar-refractivity contribution in [2.75, 3.05) is 7.11 Å². The Morgan fingerprint density at radius 3 is 1.76 bits per heavy atom. The second kappa shape index (κ2) is 10.3. The zero-order chi connectivity index (χ0) is 13.1. The molecular formula is C15H33OP. The van der Waals surface area contributed by atoms with Crippen LogP contribution in [0.4, 0.5) is 0 Å². The molecule has 0 N–H and O–H groups in total. The van der Waals surface area contributed by atoms with E-state index in [1.807, 2.05) is 7.11 Å². The molecule has 0 rings (SSSR count). The summed E-state index contributed by atoms with van der Waals surface area (Å²) in [4.78, 5) is 0. The van der Waals surface area contributed by atoms with E-state index in [-0.39, 0.29) is 0 Å². The average Bonchev–Trinajstić information content (AvgIpc) is 2.35. The Morgan fingerprint density at radius 2 is 1.41 bits per heavy atom. The van der Waals surface area contributed by atoms with Crippen molar-refractivity contribution in [3.05, 3.63) is 0 Å². The van der Waals surface area contributed by atoms with Crippen LogP contribution in [0.2, 0.25) is 0 Å². The van der Waals surface area contributed by atoms with Crippen LogP contribution in [-0.2, 0) is 4.74 Å². The third kappa shape index (κ3) is 6.77. The Morgan fingerprint density at radius 1 is 0.941 bits per heavy atom. The van der Waals surface area contributed by atoms with Crippen molar-refractivity contribution >= 4 is 9.24 Å². The summed E-state index contributed by atoms with van der Waals surface area (Å²) in [5.41, 5.74) is 0. The largest absolute Gasteiger partial charge is 0.381 e. The number of rotatable bonds is 11. The molecule has 0 aliphatic heterocycles. The van der Waals surface area contributed by atoms with E-state index < -0.39 is 0 Å². The van der Waals surface area contributed by atoms with Gasteiger partial charge < -0.3 is 4.74 Å². The van der Waals surface area contributed by atoms with Crippen molar-refractivity contribution in [2.45, 2.75) is 89.8 Å². The van der Waals surface area contributed by atoms with Crippen LogP contribution in [0.3, 0.4) is 0 Å². The predicted molar refractivity (Wildman–Crippen MR) is 81.8 cm³/mol. The number of methoxy groups -OCH3 is 1. The van der Waals surface area contributed by atoms with Crippen LogP contribution in [0.25, 0.3) is 0 Å². The van der Waals surface area contributed by atoms with Gasteiger partial charge in [0.25, 0.3) is 0 Å². The van der Waals surface area contributed by atoms with E-state index in [9.17, 15) is 0 Å². The van der Waals surface area contributed by atoms with E-state index >= 15 is 0 Å². The molecule has 17 heavy (non-hydrogen) atoms. The first-order valence-corrected chi connectivity index (χ1v) is 8.04. The topological polar surface area (TPSA) is 9.23 Å². The van der Waals surface area contributed by atoms with Gasteiger partial charge in [0, 0.05) is 12.3 Å². The van der Waals surface area contributed by atoms with E-state index in [0.29, 0.717) is 11.3 Å². The first-order chi connectivity index (χ1) is 8.14. The van der Waals surface area contributed by atoms with Crippen molar-refractivity contribution < 1.29 is 4.74 Å². The molecule has 1 nitrogen and oxygen atoms in total. The summed E-state index contributed by atoms with van der Waals surface area (Å²) in [6.45, 7) is 6.81. The predicted octanol–water partition coefficient (Wildman–Crippen LogP) is 5.19. The van der Waals surface area contributed by atoms with Gasteiger partial charge in [0.2, 0.25) is 0 Å². The zero-order valence-corrected chi connectivity index (χ0v) is 13.6. The molecule has 0 saturated carbocycles. The number of unbranched alkanes of at least 4 members (excludes halogenated alkanes) is 3. The number of hydrogen-bond donors (Lipinski definition) is 0. The van der Waals surface area contributed by atoms with Gasteiger partial charge in [-0.15, -0.1) is 9.24 Å². The molecule has 0 aliphatic carbocycles. The maximum Gasteiger partial charge on any atom is 0.0661 e. The van der Waals surface area contributed by atoms with Gasteiger partial charge in [-0.3, -0.25) is 0 Å². The van der Waals surface area contributed by atoms with Gasteiger partial charge in [0.1, 0.15) is 0 Å². The van der Waals surface area contributed by atoms with Gasteiger partial charge in [0.05, 0.1) is 6.10 Å². The Hall–Kier alpha value is 0.390. The van der Waals surface area contributed by atoms with E-state index in [0.717, 1.165) is 0 Å². The molecule has 0 aromatic rings. The summed E-state index contributed by atoms with van der Waals surface area (Å²) in [7, 11) is 5.03. The minimum absolute atomic E-state index is 0.315. The molecule has 0 aliphatic rings. The molecule has 104 valence electrons. The molecule has 0 aromatic carbocycles. The lowest BCUT2D eigenvalue weighted by atomic mass is 9.87. The van der Waals surface area contributed by atoms with Crippen LogP contribution in [0.5, 0.6) is 0 Å². The SMILES string of the molecule is CCCCC(OC)C(P)(CCCC)CCCC. The molecule has 2 heteroatoms. The second-order valence-corrected chi connectivity index (χ2v) is 6.46. The normalized spacial score (nSPS) is 13.9. The summed E-state index contributed by atoms with van der Waals surface area (Å²) in [5, 5.41) is 0.315. The summed E-state index contributed by atoms with van der Waals surface area (Å²) in [6.07, 6.45) is 12.0. The maximum atomic E-state index is 5.79. The fraction of sp³-hybridized carbons (Fsp3) is 1.00. The minimum atomic E-state index is 0.315. The van der Waals surface area contributed by atoms with Crippen LogP contribution < -0.4 is 0 Å². The van der Waals surface area contributed by atoms with Crippen molar-refractivity contribution in [1.82, 2.24) is 0 Å². The van der Waals surface area contributed by atoms with Crippen LogP contribution >= 0.6 is 9.24 Å². The molecule has 0 bridgehead atoms. The van der Waals surface area contributed by atoms with Gasteiger partial charge in [-0.2, -0.15) is 0 Å². The lowest BCUT2D eigenvalue weighted by molar-refractivity contribution is 0.0507. The van der Waals surface area contributed by atoms with Crippen LogP contribution in [0.1, 0.15) is 78.6 Å². The summed E-state index contributed by atoms with van der Waals surface area (Å²) >= 11 is 0. The molecule has 0 aromatic heterocycles. The van der Waals surface area contributed by atoms with Crippen LogP contribution in [0.15, 0.2) is 0 Å². The number of hydrogen-bond acceptors (Lipinski definition) is 1. The van der Waals surface area contributed by atoms with Crippen molar-refractivity contribution in [2.24, 2.45) is 0 Å². The van der Waals surface area contributed by atoms with Crippen LogP contribution in [0, 0.1) is 0 Å². The molecule has 0 fully saturated rings. The zero-order valence-electron chi connectivity index (χ0n) is 12.4. The minimum Gasteiger partial charge on any atom is -0.381 e. The Kier molecular flexibility index (Phi) is 10.6. The fourth-order valence-electron chi connectivity index (χ4n) is 2.49. The standard InChI is InChI=1S/C15H33OP/c1-5-8-11-14(16-4)15(17,12-9-6-2)13-10-7-3/h14H,5-13,17H2,1-4H3. The van der Waals surface area contributed by atoms with Gasteiger partial charge in [-0.05, 0) is 19.3 Å². The summed E-state index contributed by atoms with van der Waals surface area (Å²) in [5.74, 6) is 0. The Bertz CT molecular complexity index is 162. The molecular weight excluding hydrogens is 227 g/mol. The highest BCUT2D eigenvalue weighted by Gasteiger charge is 2.32. The Balaban J connectivity index is 4.46. The molecule has 2 unspecified atom stereocenters. The van der Waals surface area contributed by atoms with E-state index in [4.69, 9.17) is 4.74 Å². The van der Waals surface area contributed by atoms with Crippen molar-refractivity contribution in [3.63, 3.8) is 0 Å². The molecule has 0 spiro atoms. The van der Waals surface area contributed by atoms with Crippen molar-refractivity contribution in [1.29, 1.82) is 0 Å². The van der Waals surface area contributed by atoms with Gasteiger partial charge in [-0.25, -0.2) is 0 Å². The fourth-order valence-corrected chi connectivity index (χ4v) is 3.20. The quantitative estimate of drug-likeness (QED) is 0.465. The smallest absolute Gasteiger partial charge is 0.0661 e. The van der Waals surface area contributed by atoms with Crippen molar-refractivity contribution in [3.8, 4) is 0 Å². The van der Waals surface area contributed by atoms with Gasteiger partial charge in [-0.1, -0.05) is 59.3 Å². The first kappa shape index (κ1) is 17.4. The lowest BCUT2D eigenvalue weighted by Crippen LogP contribution is -2.38. The van der Waals surface area contributed by atoms with E-state index in [2.05, 4.69) is 30.0 Å². The highest BCUT2D eigenvalue weighted by Crippen LogP contribution is 2.38. The van der Waals surface area contributed by atoms with Gasteiger partial charge >= 0.3 is 0 Å². The van der Waals surface area contributed by atoms with E-state index in [1.54, 1.807) is 0 Å². The molecule has 0 heterocycles. The lowest BCUT2D eigenvalue weighted by Gasteiger charge is -2.37. The Labute approximate surface area is 111 Å². The van der Waals surface area contributed by atoms with E-state index in [1.165, 1.54) is 57.8 Å². The summed E-state index contributed by atoms with van der Waals surface area (Å²) in [6, 6.07) is 0. The molecule has 0 radical (unpaired) electrons. The third-order valence-electron chi connectivity index (χ3n) is 3.74. The maximum absolute atomic E-state index is 5.79. The third-order valence-corrected chi connectivity index (χ3v) is 4.69. The van der Waals surface area contributed by atoms with Crippen LogP contribution in [-0.4, -0.2) is 18.4 Å². The molecule has 2 atom stereocenters. The second-order valence-electron chi connectivity index (χ2n) is 5.31. The first-order valence-electron chi connectivity index (χ1n) is 7.46. The highest BCUT2D eigenvalue weighted by molar-refractivity contribution is 7.19. The average molecular weight is 260 g/mol. The number of ether oxygens (including phenoxy) is 1.